The molecule has 0 spiro atoms. The average molecular weight is 367 g/mol. The SMILES string of the molecule is O=C(NCc1nncn1C1CCCCC1)c1cccc(C2CCCNC2)c1. The van der Waals surface area contributed by atoms with Crippen LogP contribution in [0.3, 0.4) is 0 Å². The molecule has 144 valence electrons. The molecule has 2 fully saturated rings. The van der Waals surface area contributed by atoms with Gasteiger partial charge >= 0.3 is 0 Å². The van der Waals surface area contributed by atoms with Crippen LogP contribution in [-0.2, 0) is 6.54 Å². The Labute approximate surface area is 160 Å². The van der Waals surface area contributed by atoms with Crippen LogP contribution in [-0.4, -0.2) is 33.8 Å². The van der Waals surface area contributed by atoms with Crippen molar-refractivity contribution in [3.05, 3.63) is 47.5 Å². The van der Waals surface area contributed by atoms with Crippen molar-refractivity contribution in [2.24, 2.45) is 0 Å². The summed E-state index contributed by atoms with van der Waals surface area (Å²) in [5.74, 6) is 1.31. The number of amides is 1. The monoisotopic (exact) mass is 367 g/mol. The average Bonchev–Trinajstić information content (AvgIpc) is 3.22. The molecule has 1 aliphatic heterocycles. The Kier molecular flexibility index (Phi) is 5.82. The van der Waals surface area contributed by atoms with Crippen molar-refractivity contribution in [1.82, 2.24) is 25.4 Å². The number of aromatic nitrogens is 3. The molecule has 2 aliphatic rings. The summed E-state index contributed by atoms with van der Waals surface area (Å²) in [6, 6.07) is 8.53. The van der Waals surface area contributed by atoms with Gasteiger partial charge in [0.1, 0.15) is 6.33 Å². The molecule has 1 aromatic heterocycles. The maximum absolute atomic E-state index is 12.7. The highest BCUT2D eigenvalue weighted by Gasteiger charge is 2.20. The van der Waals surface area contributed by atoms with E-state index in [4.69, 9.17) is 0 Å². The third kappa shape index (κ3) is 4.38. The lowest BCUT2D eigenvalue weighted by atomic mass is 9.90. The number of benzene rings is 1. The van der Waals surface area contributed by atoms with Crippen LogP contribution in [0.25, 0.3) is 0 Å². The number of hydrogen-bond acceptors (Lipinski definition) is 4. The number of piperidine rings is 1. The first-order valence-electron chi connectivity index (χ1n) is 10.3. The Morgan fingerprint density at radius 2 is 2.07 bits per heavy atom. The first-order valence-corrected chi connectivity index (χ1v) is 10.3. The van der Waals surface area contributed by atoms with Gasteiger partial charge in [-0.25, -0.2) is 0 Å². The Bertz CT molecular complexity index is 759. The largest absolute Gasteiger partial charge is 0.345 e. The van der Waals surface area contributed by atoms with Gasteiger partial charge in [0.05, 0.1) is 6.54 Å². The van der Waals surface area contributed by atoms with E-state index in [-0.39, 0.29) is 5.91 Å². The second-order valence-electron chi connectivity index (χ2n) is 7.80. The molecule has 4 rings (SSSR count). The van der Waals surface area contributed by atoms with Crippen LogP contribution in [0.4, 0.5) is 0 Å². The molecule has 6 heteroatoms. The molecule has 27 heavy (non-hydrogen) atoms. The minimum absolute atomic E-state index is 0.0428. The standard InChI is InChI=1S/C21H29N5O/c27-21(17-7-4-6-16(12-17)18-8-5-11-22-13-18)23-14-20-25-24-15-26(20)19-9-2-1-3-10-19/h4,6-7,12,15,18-19,22H,1-3,5,8-11,13-14H2,(H,23,27). The van der Waals surface area contributed by atoms with Crippen molar-refractivity contribution in [3.63, 3.8) is 0 Å². The van der Waals surface area contributed by atoms with E-state index < -0.39 is 0 Å². The van der Waals surface area contributed by atoms with Gasteiger partial charge in [-0.1, -0.05) is 31.4 Å². The molecule has 6 nitrogen and oxygen atoms in total. The Hall–Kier alpha value is -2.21. The topological polar surface area (TPSA) is 71.8 Å². The molecule has 1 unspecified atom stereocenters. The van der Waals surface area contributed by atoms with Crippen molar-refractivity contribution in [3.8, 4) is 0 Å². The summed E-state index contributed by atoms with van der Waals surface area (Å²) in [5.41, 5.74) is 1.97. The predicted molar refractivity (Wildman–Crippen MR) is 105 cm³/mol. The summed E-state index contributed by atoms with van der Waals surface area (Å²) >= 11 is 0. The van der Waals surface area contributed by atoms with Gasteiger partial charge in [0.15, 0.2) is 5.82 Å². The van der Waals surface area contributed by atoms with Gasteiger partial charge in [-0.3, -0.25) is 4.79 Å². The minimum Gasteiger partial charge on any atom is -0.345 e. The van der Waals surface area contributed by atoms with Crippen molar-refractivity contribution in [2.75, 3.05) is 13.1 Å². The van der Waals surface area contributed by atoms with Gasteiger partial charge in [-0.2, -0.15) is 0 Å². The summed E-state index contributed by atoms with van der Waals surface area (Å²) in [6.45, 7) is 2.51. The molecule has 1 aliphatic carbocycles. The summed E-state index contributed by atoms with van der Waals surface area (Å²) in [6.07, 6.45) is 10.4. The summed E-state index contributed by atoms with van der Waals surface area (Å²) in [5, 5.41) is 14.8. The molecule has 2 heterocycles. The quantitative estimate of drug-likeness (QED) is 0.851. The number of carbonyl (C=O) groups is 1. The molecular formula is C21H29N5O. The van der Waals surface area contributed by atoms with Crippen molar-refractivity contribution in [2.45, 2.75) is 63.5 Å². The number of nitrogens with one attached hydrogen (secondary N) is 2. The van der Waals surface area contributed by atoms with E-state index in [9.17, 15) is 4.79 Å². The summed E-state index contributed by atoms with van der Waals surface area (Å²) < 4.78 is 2.16. The molecule has 1 saturated carbocycles. The lowest BCUT2D eigenvalue weighted by molar-refractivity contribution is 0.0949. The molecule has 1 amide bonds. The van der Waals surface area contributed by atoms with Gasteiger partial charge in [-0.15, -0.1) is 10.2 Å². The lowest BCUT2D eigenvalue weighted by Gasteiger charge is -2.24. The smallest absolute Gasteiger partial charge is 0.251 e. The molecule has 1 atom stereocenters. The van der Waals surface area contributed by atoms with E-state index in [0.717, 1.165) is 24.5 Å². The van der Waals surface area contributed by atoms with Gasteiger partial charge in [0.25, 0.3) is 5.91 Å². The number of hydrogen-bond donors (Lipinski definition) is 2. The molecule has 2 N–H and O–H groups in total. The Morgan fingerprint density at radius 1 is 1.19 bits per heavy atom. The maximum Gasteiger partial charge on any atom is 0.251 e. The van der Waals surface area contributed by atoms with Crippen molar-refractivity contribution >= 4 is 5.91 Å². The lowest BCUT2D eigenvalue weighted by Crippen LogP contribution is -2.29. The second-order valence-corrected chi connectivity index (χ2v) is 7.80. The van der Waals surface area contributed by atoms with E-state index in [1.54, 1.807) is 0 Å². The minimum atomic E-state index is -0.0428. The molecular weight excluding hydrogens is 338 g/mol. The highest BCUT2D eigenvalue weighted by molar-refractivity contribution is 5.94. The fourth-order valence-electron chi connectivity index (χ4n) is 4.39. The van der Waals surface area contributed by atoms with Crippen LogP contribution in [0.5, 0.6) is 0 Å². The summed E-state index contributed by atoms with van der Waals surface area (Å²) in [4.78, 5) is 12.7. The zero-order valence-corrected chi connectivity index (χ0v) is 15.9. The van der Waals surface area contributed by atoms with E-state index >= 15 is 0 Å². The van der Waals surface area contributed by atoms with Crippen molar-refractivity contribution < 1.29 is 4.79 Å². The molecule has 0 bridgehead atoms. The Morgan fingerprint density at radius 3 is 2.89 bits per heavy atom. The molecule has 0 radical (unpaired) electrons. The van der Waals surface area contributed by atoms with Crippen LogP contribution >= 0.6 is 0 Å². The highest BCUT2D eigenvalue weighted by atomic mass is 16.1. The normalized spacial score (nSPS) is 21.1. The van der Waals surface area contributed by atoms with Gasteiger partial charge in [0.2, 0.25) is 0 Å². The molecule has 1 saturated heterocycles. The first-order chi connectivity index (χ1) is 13.3. The van der Waals surface area contributed by atoms with Crippen LogP contribution < -0.4 is 10.6 Å². The molecule has 2 aromatic rings. The number of rotatable bonds is 5. The maximum atomic E-state index is 12.7. The van der Waals surface area contributed by atoms with Gasteiger partial charge in [-0.05, 0) is 55.8 Å². The van der Waals surface area contributed by atoms with Gasteiger partial charge < -0.3 is 15.2 Å². The highest BCUT2D eigenvalue weighted by Crippen LogP contribution is 2.28. The van der Waals surface area contributed by atoms with E-state index in [1.165, 1.54) is 50.5 Å². The third-order valence-corrected chi connectivity index (χ3v) is 5.94. The zero-order valence-electron chi connectivity index (χ0n) is 15.9. The van der Waals surface area contributed by atoms with Crippen LogP contribution in [0, 0.1) is 0 Å². The van der Waals surface area contributed by atoms with Crippen LogP contribution in [0.15, 0.2) is 30.6 Å². The van der Waals surface area contributed by atoms with Crippen LogP contribution in [0.2, 0.25) is 0 Å². The van der Waals surface area contributed by atoms with E-state index in [2.05, 4.69) is 31.5 Å². The number of carbonyl (C=O) groups excluding carboxylic acids is 1. The second kappa shape index (κ2) is 8.65. The Balaban J connectivity index is 1.39. The zero-order chi connectivity index (χ0) is 18.5. The summed E-state index contributed by atoms with van der Waals surface area (Å²) in [7, 11) is 0. The number of nitrogens with zero attached hydrogens (tertiary/aromatic N) is 3. The predicted octanol–water partition coefficient (Wildman–Crippen LogP) is 3.18. The van der Waals surface area contributed by atoms with E-state index in [0.29, 0.717) is 18.5 Å². The van der Waals surface area contributed by atoms with Crippen LogP contribution in [0.1, 0.15) is 78.7 Å². The van der Waals surface area contributed by atoms with Crippen molar-refractivity contribution in [1.29, 1.82) is 0 Å². The fraction of sp³-hybridized carbons (Fsp3) is 0.571. The third-order valence-electron chi connectivity index (χ3n) is 5.94. The molecule has 1 aromatic carbocycles. The van der Waals surface area contributed by atoms with Gasteiger partial charge in [0, 0.05) is 18.2 Å². The first kappa shape index (κ1) is 18.2. The fourth-order valence-corrected chi connectivity index (χ4v) is 4.39. The van der Waals surface area contributed by atoms with E-state index in [1.807, 2.05) is 24.5 Å².